The van der Waals surface area contributed by atoms with Crippen molar-refractivity contribution in [1.29, 1.82) is 5.26 Å². The Labute approximate surface area is 201 Å². The number of nitrogens with one attached hydrogen (secondary N) is 1. The lowest BCUT2D eigenvalue weighted by Crippen LogP contribution is -2.13. The van der Waals surface area contributed by atoms with E-state index in [-0.39, 0.29) is 5.57 Å². The molecule has 0 aliphatic heterocycles. The molecule has 32 heavy (non-hydrogen) atoms. The molecule has 3 aromatic rings. The van der Waals surface area contributed by atoms with Gasteiger partial charge >= 0.3 is 0 Å². The Hall–Kier alpha value is -3.31. The molecule has 0 radical (unpaired) electrons. The largest absolute Gasteiger partial charge is 0.490 e. The van der Waals surface area contributed by atoms with Crippen LogP contribution in [0.3, 0.4) is 0 Å². The quantitative estimate of drug-likeness (QED) is 0.213. The fourth-order valence-electron chi connectivity index (χ4n) is 3.03. The van der Waals surface area contributed by atoms with Gasteiger partial charge in [-0.1, -0.05) is 42.5 Å². The molecule has 0 fully saturated rings. The van der Waals surface area contributed by atoms with Gasteiger partial charge in [-0.25, -0.2) is 0 Å². The van der Waals surface area contributed by atoms with E-state index in [2.05, 4.69) is 27.9 Å². The highest BCUT2D eigenvalue weighted by atomic mass is 127. The van der Waals surface area contributed by atoms with Crippen molar-refractivity contribution in [2.45, 2.75) is 20.5 Å². The van der Waals surface area contributed by atoms with Crippen LogP contribution in [0.15, 0.2) is 72.3 Å². The van der Waals surface area contributed by atoms with Crippen LogP contribution in [0.2, 0.25) is 0 Å². The summed E-state index contributed by atoms with van der Waals surface area (Å²) in [5.74, 6) is 0.742. The monoisotopic (exact) mass is 538 g/mol. The summed E-state index contributed by atoms with van der Waals surface area (Å²) in [6.45, 7) is 4.82. The molecule has 0 saturated heterocycles. The van der Waals surface area contributed by atoms with Crippen LogP contribution in [0.1, 0.15) is 23.6 Å². The number of amides is 1. The van der Waals surface area contributed by atoms with E-state index in [4.69, 9.17) is 9.47 Å². The zero-order chi connectivity index (χ0) is 22.9. The summed E-state index contributed by atoms with van der Waals surface area (Å²) in [4.78, 5) is 12.5. The highest BCUT2D eigenvalue weighted by Gasteiger charge is 2.15. The average Bonchev–Trinajstić information content (AvgIpc) is 2.79. The van der Waals surface area contributed by atoms with Crippen LogP contribution < -0.4 is 14.8 Å². The number of benzene rings is 3. The molecular formula is C26H23IN2O3. The Morgan fingerprint density at radius 2 is 1.81 bits per heavy atom. The van der Waals surface area contributed by atoms with Crippen LogP contribution in [-0.4, -0.2) is 12.5 Å². The second-order valence-electron chi connectivity index (χ2n) is 6.97. The summed E-state index contributed by atoms with van der Waals surface area (Å²) in [6.07, 6.45) is 1.55. The van der Waals surface area contributed by atoms with Gasteiger partial charge in [-0.05, 0) is 83.5 Å². The number of aryl methyl sites for hydroxylation is 1. The maximum atomic E-state index is 12.5. The molecule has 1 N–H and O–H groups in total. The second-order valence-corrected chi connectivity index (χ2v) is 8.13. The van der Waals surface area contributed by atoms with Crippen molar-refractivity contribution in [1.82, 2.24) is 0 Å². The van der Waals surface area contributed by atoms with Crippen molar-refractivity contribution >= 4 is 40.3 Å². The number of halogens is 1. The fraction of sp³-hybridized carbons (Fsp3) is 0.154. The number of nitriles is 1. The lowest BCUT2D eigenvalue weighted by Gasteiger charge is -2.15. The molecule has 0 saturated carbocycles. The molecule has 0 aliphatic carbocycles. The first-order valence-electron chi connectivity index (χ1n) is 10.1. The standard InChI is InChI=1S/C26H23IN2O3/c1-3-31-24-15-19(13-21(16-28)26(30)29-22-11-5-4-6-12-22)14-23(27)25(24)32-17-20-10-8-7-9-18(20)2/h4-15H,3,17H2,1-2H3,(H,29,30)/b21-13+. The highest BCUT2D eigenvalue weighted by Crippen LogP contribution is 2.35. The maximum absolute atomic E-state index is 12.5. The number of carbonyl (C=O) groups excluding carboxylic acids is 1. The van der Waals surface area contributed by atoms with E-state index in [1.807, 2.05) is 68.4 Å². The molecule has 3 rings (SSSR count). The summed E-state index contributed by atoms with van der Waals surface area (Å²) in [5, 5.41) is 12.3. The summed E-state index contributed by atoms with van der Waals surface area (Å²) >= 11 is 2.18. The van der Waals surface area contributed by atoms with E-state index in [9.17, 15) is 10.1 Å². The molecule has 0 aliphatic rings. The Balaban J connectivity index is 1.86. The first kappa shape index (κ1) is 23.4. The second kappa shape index (κ2) is 11.3. The van der Waals surface area contributed by atoms with Gasteiger partial charge in [-0.15, -0.1) is 0 Å². The Morgan fingerprint density at radius 3 is 2.50 bits per heavy atom. The fourth-order valence-corrected chi connectivity index (χ4v) is 3.81. The van der Waals surface area contributed by atoms with E-state index in [1.165, 1.54) is 0 Å². The maximum Gasteiger partial charge on any atom is 0.266 e. The number of anilines is 1. The van der Waals surface area contributed by atoms with Gasteiger partial charge in [0.25, 0.3) is 5.91 Å². The Bertz CT molecular complexity index is 1170. The first-order valence-corrected chi connectivity index (χ1v) is 11.2. The van der Waals surface area contributed by atoms with Crippen LogP contribution >= 0.6 is 22.6 Å². The minimum atomic E-state index is -0.466. The predicted molar refractivity (Wildman–Crippen MR) is 135 cm³/mol. The molecule has 6 heteroatoms. The number of hydrogen-bond acceptors (Lipinski definition) is 4. The van der Waals surface area contributed by atoms with Crippen molar-refractivity contribution in [3.63, 3.8) is 0 Å². The molecule has 0 heterocycles. The van der Waals surface area contributed by atoms with Gasteiger partial charge in [0, 0.05) is 5.69 Å². The van der Waals surface area contributed by atoms with Crippen LogP contribution in [-0.2, 0) is 11.4 Å². The third kappa shape index (κ3) is 6.11. The number of ether oxygens (including phenoxy) is 2. The van der Waals surface area contributed by atoms with E-state index in [0.717, 1.165) is 14.7 Å². The number of nitrogens with zero attached hydrogens (tertiary/aromatic N) is 1. The van der Waals surface area contributed by atoms with E-state index >= 15 is 0 Å². The van der Waals surface area contributed by atoms with Gasteiger partial charge in [0.05, 0.1) is 10.2 Å². The summed E-state index contributed by atoms with van der Waals surface area (Å²) in [5.41, 5.74) is 3.56. The van der Waals surface area contributed by atoms with Gasteiger partial charge in [-0.2, -0.15) is 5.26 Å². The first-order chi connectivity index (χ1) is 15.5. The third-order valence-electron chi connectivity index (χ3n) is 4.67. The minimum Gasteiger partial charge on any atom is -0.490 e. The lowest BCUT2D eigenvalue weighted by molar-refractivity contribution is -0.112. The minimum absolute atomic E-state index is 0.000630. The number of para-hydroxylation sites is 1. The predicted octanol–water partition coefficient (Wildman–Crippen LogP) is 6.12. The Morgan fingerprint density at radius 1 is 1.09 bits per heavy atom. The number of rotatable bonds is 8. The summed E-state index contributed by atoms with van der Waals surface area (Å²) in [6, 6.07) is 22.7. The van der Waals surface area contributed by atoms with Crippen LogP contribution in [0.25, 0.3) is 6.08 Å². The van der Waals surface area contributed by atoms with Crippen molar-refractivity contribution < 1.29 is 14.3 Å². The van der Waals surface area contributed by atoms with Gasteiger partial charge in [-0.3, -0.25) is 4.79 Å². The van der Waals surface area contributed by atoms with E-state index in [1.54, 1.807) is 24.3 Å². The van der Waals surface area contributed by atoms with Crippen molar-refractivity contribution in [2.75, 3.05) is 11.9 Å². The van der Waals surface area contributed by atoms with E-state index in [0.29, 0.717) is 36.0 Å². The summed E-state index contributed by atoms with van der Waals surface area (Å²) in [7, 11) is 0. The molecule has 0 aromatic heterocycles. The smallest absolute Gasteiger partial charge is 0.266 e. The zero-order valence-electron chi connectivity index (χ0n) is 17.9. The molecule has 0 unspecified atom stereocenters. The highest BCUT2D eigenvalue weighted by molar-refractivity contribution is 14.1. The number of carbonyl (C=O) groups is 1. The summed E-state index contributed by atoms with van der Waals surface area (Å²) < 4.78 is 12.7. The number of hydrogen-bond donors (Lipinski definition) is 1. The van der Waals surface area contributed by atoms with Gasteiger partial charge < -0.3 is 14.8 Å². The molecule has 1 amide bonds. The topological polar surface area (TPSA) is 71.3 Å². The van der Waals surface area contributed by atoms with Gasteiger partial charge in [0.1, 0.15) is 18.2 Å². The molecule has 162 valence electrons. The van der Waals surface area contributed by atoms with Crippen LogP contribution in [0.4, 0.5) is 5.69 Å². The molecule has 3 aromatic carbocycles. The van der Waals surface area contributed by atoms with Crippen LogP contribution in [0.5, 0.6) is 11.5 Å². The van der Waals surface area contributed by atoms with Gasteiger partial charge in [0.15, 0.2) is 11.5 Å². The van der Waals surface area contributed by atoms with Crippen molar-refractivity contribution in [2.24, 2.45) is 0 Å². The lowest BCUT2D eigenvalue weighted by atomic mass is 10.1. The van der Waals surface area contributed by atoms with Crippen LogP contribution in [0, 0.1) is 21.8 Å². The zero-order valence-corrected chi connectivity index (χ0v) is 20.0. The normalized spacial score (nSPS) is 10.9. The molecule has 5 nitrogen and oxygen atoms in total. The molecule has 0 spiro atoms. The molecule has 0 bridgehead atoms. The van der Waals surface area contributed by atoms with Crippen molar-refractivity contribution in [3.8, 4) is 17.6 Å². The SMILES string of the molecule is CCOc1cc(/C=C(\C#N)C(=O)Nc2ccccc2)cc(I)c1OCc1ccccc1C. The molecule has 0 atom stereocenters. The van der Waals surface area contributed by atoms with Gasteiger partial charge in [0.2, 0.25) is 0 Å². The third-order valence-corrected chi connectivity index (χ3v) is 5.47. The average molecular weight is 538 g/mol. The van der Waals surface area contributed by atoms with Crippen molar-refractivity contribution in [3.05, 3.63) is 92.6 Å². The molecular weight excluding hydrogens is 515 g/mol. The van der Waals surface area contributed by atoms with E-state index < -0.39 is 5.91 Å². The Kier molecular flexibility index (Phi) is 8.28.